The highest BCUT2D eigenvalue weighted by molar-refractivity contribution is 5.76. The summed E-state index contributed by atoms with van der Waals surface area (Å²) in [5, 5.41) is 0. The highest BCUT2D eigenvalue weighted by Crippen LogP contribution is 2.22. The van der Waals surface area contributed by atoms with E-state index in [0.717, 1.165) is 62.0 Å². The van der Waals surface area contributed by atoms with Crippen molar-refractivity contribution in [3.05, 3.63) is 78.1 Å². The van der Waals surface area contributed by atoms with Gasteiger partial charge in [0.15, 0.2) is 0 Å². The zero-order chi connectivity index (χ0) is 21.5. The lowest BCUT2D eigenvalue weighted by atomic mass is 10.2. The van der Waals surface area contributed by atoms with Crippen LogP contribution in [0.1, 0.15) is 24.2 Å². The Kier molecular flexibility index (Phi) is 7.05. The molecule has 31 heavy (non-hydrogen) atoms. The van der Waals surface area contributed by atoms with E-state index in [1.807, 2.05) is 59.5 Å². The molecule has 1 fully saturated rings. The first-order valence-electron chi connectivity index (χ1n) is 11.0. The van der Waals surface area contributed by atoms with Crippen LogP contribution in [0, 0.1) is 0 Å². The molecule has 0 saturated carbocycles. The fourth-order valence-electron chi connectivity index (χ4n) is 4.03. The van der Waals surface area contributed by atoms with Crippen LogP contribution in [0.5, 0.6) is 5.75 Å². The Hall–Kier alpha value is -3.05. The van der Waals surface area contributed by atoms with Crippen molar-refractivity contribution in [2.45, 2.75) is 25.8 Å². The molecule has 0 atom stereocenters. The van der Waals surface area contributed by atoms with Gasteiger partial charge in [-0.3, -0.25) is 9.69 Å². The first-order chi connectivity index (χ1) is 15.2. The summed E-state index contributed by atoms with van der Waals surface area (Å²) < 4.78 is 11.2. The van der Waals surface area contributed by atoms with E-state index in [1.54, 1.807) is 7.11 Å². The smallest absolute Gasteiger partial charge is 0.223 e. The number of rotatable bonds is 7. The Labute approximate surface area is 184 Å². The molecule has 0 unspecified atom stereocenters. The lowest BCUT2D eigenvalue weighted by molar-refractivity contribution is -0.131. The molecule has 0 radical (unpaired) electrons. The molecule has 1 aliphatic heterocycles. The predicted octanol–water partition coefficient (Wildman–Crippen LogP) is 4.62. The van der Waals surface area contributed by atoms with Crippen LogP contribution in [0.15, 0.2) is 71.1 Å². The van der Waals surface area contributed by atoms with Gasteiger partial charge in [-0.1, -0.05) is 42.5 Å². The SMILES string of the molecule is COc1ccc(CN2CCCN(C(=O)CCc3ccc(-c4ccccc4)o3)CC2)cc1. The van der Waals surface area contributed by atoms with Gasteiger partial charge in [0.1, 0.15) is 17.3 Å². The van der Waals surface area contributed by atoms with E-state index in [4.69, 9.17) is 9.15 Å². The van der Waals surface area contributed by atoms with Crippen molar-refractivity contribution in [2.24, 2.45) is 0 Å². The van der Waals surface area contributed by atoms with Gasteiger partial charge in [0.2, 0.25) is 5.91 Å². The summed E-state index contributed by atoms with van der Waals surface area (Å²) in [6.07, 6.45) is 2.12. The molecule has 1 amide bonds. The van der Waals surface area contributed by atoms with E-state index in [9.17, 15) is 4.79 Å². The van der Waals surface area contributed by atoms with Crippen LogP contribution in [0.4, 0.5) is 0 Å². The average Bonchev–Trinajstić information content (AvgIpc) is 3.17. The van der Waals surface area contributed by atoms with Gasteiger partial charge in [0.05, 0.1) is 7.11 Å². The number of ether oxygens (including phenoxy) is 1. The van der Waals surface area contributed by atoms with Crippen molar-refractivity contribution >= 4 is 5.91 Å². The Bertz CT molecular complexity index is 966. The molecule has 0 aliphatic carbocycles. The van der Waals surface area contributed by atoms with Crippen LogP contribution < -0.4 is 4.74 Å². The van der Waals surface area contributed by atoms with Crippen molar-refractivity contribution in [1.82, 2.24) is 9.80 Å². The summed E-state index contributed by atoms with van der Waals surface area (Å²) in [5.74, 6) is 2.81. The maximum absolute atomic E-state index is 12.8. The number of carbonyl (C=O) groups excluding carboxylic acids is 1. The molecule has 5 nitrogen and oxygen atoms in total. The monoisotopic (exact) mass is 418 g/mol. The van der Waals surface area contributed by atoms with Gasteiger partial charge < -0.3 is 14.1 Å². The highest BCUT2D eigenvalue weighted by atomic mass is 16.5. The van der Waals surface area contributed by atoms with Crippen LogP contribution in [-0.4, -0.2) is 49.0 Å². The van der Waals surface area contributed by atoms with E-state index in [0.29, 0.717) is 12.8 Å². The zero-order valence-corrected chi connectivity index (χ0v) is 18.1. The molecule has 3 aromatic rings. The van der Waals surface area contributed by atoms with Crippen molar-refractivity contribution in [3.63, 3.8) is 0 Å². The van der Waals surface area contributed by atoms with Crippen molar-refractivity contribution in [1.29, 1.82) is 0 Å². The summed E-state index contributed by atoms with van der Waals surface area (Å²) in [5.41, 5.74) is 2.33. The first kappa shape index (κ1) is 21.2. The molecular weight excluding hydrogens is 388 g/mol. The summed E-state index contributed by atoms with van der Waals surface area (Å²) in [7, 11) is 1.68. The minimum atomic E-state index is 0.212. The average molecular weight is 419 g/mol. The van der Waals surface area contributed by atoms with E-state index < -0.39 is 0 Å². The van der Waals surface area contributed by atoms with Crippen molar-refractivity contribution in [3.8, 4) is 17.1 Å². The normalized spacial score (nSPS) is 14.9. The van der Waals surface area contributed by atoms with Gasteiger partial charge in [-0.15, -0.1) is 0 Å². The van der Waals surface area contributed by atoms with Gasteiger partial charge in [-0.2, -0.15) is 0 Å². The Morgan fingerprint density at radius 3 is 2.52 bits per heavy atom. The van der Waals surface area contributed by atoms with Crippen LogP contribution >= 0.6 is 0 Å². The molecule has 0 spiro atoms. The number of aryl methyl sites for hydroxylation is 1. The largest absolute Gasteiger partial charge is 0.497 e. The quantitative estimate of drug-likeness (QED) is 0.562. The molecule has 1 aromatic heterocycles. The van der Waals surface area contributed by atoms with E-state index in [2.05, 4.69) is 17.0 Å². The Morgan fingerprint density at radius 1 is 0.935 bits per heavy atom. The second-order valence-corrected chi connectivity index (χ2v) is 7.99. The topological polar surface area (TPSA) is 45.9 Å². The maximum Gasteiger partial charge on any atom is 0.223 e. The zero-order valence-electron chi connectivity index (χ0n) is 18.1. The number of amides is 1. The number of nitrogens with zero attached hydrogens (tertiary/aromatic N) is 2. The lowest BCUT2D eigenvalue weighted by Gasteiger charge is -2.22. The van der Waals surface area contributed by atoms with Crippen LogP contribution in [-0.2, 0) is 17.8 Å². The molecule has 162 valence electrons. The molecule has 2 heterocycles. The molecule has 4 rings (SSSR count). The standard InChI is InChI=1S/C26H30N2O3/c1-30-23-10-8-21(9-11-23)20-27-16-5-17-28(19-18-27)26(29)15-13-24-12-14-25(31-24)22-6-3-2-4-7-22/h2-4,6-12,14H,5,13,15-20H2,1H3. The molecule has 5 heteroatoms. The fraction of sp³-hybridized carbons (Fsp3) is 0.346. The van der Waals surface area contributed by atoms with E-state index >= 15 is 0 Å². The Morgan fingerprint density at radius 2 is 1.74 bits per heavy atom. The number of carbonyl (C=O) groups is 1. The highest BCUT2D eigenvalue weighted by Gasteiger charge is 2.19. The van der Waals surface area contributed by atoms with Gasteiger partial charge in [-0.25, -0.2) is 0 Å². The maximum atomic E-state index is 12.8. The summed E-state index contributed by atoms with van der Waals surface area (Å²) in [6.45, 7) is 4.42. The van der Waals surface area contributed by atoms with Gasteiger partial charge in [-0.05, 0) is 36.2 Å². The van der Waals surface area contributed by atoms with E-state index in [-0.39, 0.29) is 5.91 Å². The third kappa shape index (κ3) is 5.76. The first-order valence-corrected chi connectivity index (χ1v) is 11.0. The number of furan rings is 1. The summed E-state index contributed by atoms with van der Waals surface area (Å²) >= 11 is 0. The molecule has 0 bridgehead atoms. The number of hydrogen-bond acceptors (Lipinski definition) is 4. The van der Waals surface area contributed by atoms with E-state index in [1.165, 1.54) is 5.56 Å². The van der Waals surface area contributed by atoms with Gasteiger partial charge >= 0.3 is 0 Å². The second-order valence-electron chi connectivity index (χ2n) is 7.99. The lowest BCUT2D eigenvalue weighted by Crippen LogP contribution is -2.35. The van der Waals surface area contributed by atoms with Crippen LogP contribution in [0.25, 0.3) is 11.3 Å². The summed E-state index contributed by atoms with van der Waals surface area (Å²) in [6, 6.07) is 22.2. The van der Waals surface area contributed by atoms with Crippen molar-refractivity contribution < 1.29 is 13.9 Å². The number of methoxy groups -OCH3 is 1. The number of benzene rings is 2. The molecule has 1 aliphatic rings. The van der Waals surface area contributed by atoms with Crippen LogP contribution in [0.2, 0.25) is 0 Å². The number of hydrogen-bond donors (Lipinski definition) is 0. The molecule has 1 saturated heterocycles. The molecule has 2 aromatic carbocycles. The fourth-order valence-corrected chi connectivity index (χ4v) is 4.03. The van der Waals surface area contributed by atoms with Crippen molar-refractivity contribution in [2.75, 3.05) is 33.3 Å². The minimum absolute atomic E-state index is 0.212. The van der Waals surface area contributed by atoms with Gasteiger partial charge in [0.25, 0.3) is 0 Å². The second kappa shape index (κ2) is 10.3. The summed E-state index contributed by atoms with van der Waals surface area (Å²) in [4.78, 5) is 17.2. The molecule has 0 N–H and O–H groups in total. The third-order valence-electron chi connectivity index (χ3n) is 5.81. The Balaban J connectivity index is 1.25. The van der Waals surface area contributed by atoms with Gasteiger partial charge in [0, 0.05) is 51.1 Å². The third-order valence-corrected chi connectivity index (χ3v) is 5.81. The van der Waals surface area contributed by atoms with Crippen LogP contribution in [0.3, 0.4) is 0 Å². The minimum Gasteiger partial charge on any atom is -0.497 e. The predicted molar refractivity (Wildman–Crippen MR) is 122 cm³/mol. The molecular formula is C26H30N2O3.